The molecule has 41 heavy (non-hydrogen) atoms. The third-order valence-electron chi connectivity index (χ3n) is 6.55. The Morgan fingerprint density at radius 2 is 1.61 bits per heavy atom. The number of para-hydroxylation sites is 1. The average molecular weight is 579 g/mol. The van der Waals surface area contributed by atoms with Gasteiger partial charge in [-0.25, -0.2) is 17.7 Å². The van der Waals surface area contributed by atoms with Crippen molar-refractivity contribution in [3.8, 4) is 40.7 Å². The van der Waals surface area contributed by atoms with E-state index in [9.17, 15) is 13.5 Å². The molecule has 2 heterocycles. The molecule has 0 saturated carbocycles. The van der Waals surface area contributed by atoms with Crippen LogP contribution in [0.25, 0.3) is 17.2 Å². The van der Waals surface area contributed by atoms with E-state index in [4.69, 9.17) is 19.5 Å². The molecule has 0 aliphatic carbocycles. The number of nitriles is 1. The molecule has 0 radical (unpaired) electrons. The smallest absolute Gasteiger partial charge is 0.246 e. The minimum atomic E-state index is -4.25. The first-order valence-electron chi connectivity index (χ1n) is 12.6. The monoisotopic (exact) mass is 578 g/mol. The highest BCUT2D eigenvalue weighted by Crippen LogP contribution is 2.39. The van der Waals surface area contributed by atoms with Gasteiger partial charge in [0, 0.05) is 12.6 Å². The molecule has 0 fully saturated rings. The number of benzene rings is 2. The molecule has 0 spiro atoms. The van der Waals surface area contributed by atoms with Gasteiger partial charge in [0.1, 0.15) is 28.1 Å². The molecular formula is C28H30N6O6S. The first kappa shape index (κ1) is 29.3. The third kappa shape index (κ3) is 5.52. The van der Waals surface area contributed by atoms with Crippen LogP contribution in [-0.2, 0) is 10.0 Å². The summed E-state index contributed by atoms with van der Waals surface area (Å²) in [5.41, 5.74) is 1.45. The second-order valence-electron chi connectivity index (χ2n) is 8.83. The van der Waals surface area contributed by atoms with E-state index < -0.39 is 21.4 Å². The molecule has 0 aliphatic rings. The molecule has 4 aromatic rings. The summed E-state index contributed by atoms with van der Waals surface area (Å²) in [6.07, 6.45) is -1.39. The lowest BCUT2D eigenvalue weighted by Gasteiger charge is -2.29. The molecule has 13 heteroatoms. The lowest BCUT2D eigenvalue weighted by Crippen LogP contribution is -2.41. The minimum absolute atomic E-state index is 0.0338. The lowest BCUT2D eigenvalue weighted by molar-refractivity contribution is 0.176. The van der Waals surface area contributed by atoms with Gasteiger partial charge in [0.25, 0.3) is 0 Å². The quantitative estimate of drug-likeness (QED) is 0.280. The van der Waals surface area contributed by atoms with Gasteiger partial charge in [-0.1, -0.05) is 24.3 Å². The molecule has 2 aromatic carbocycles. The maximum Gasteiger partial charge on any atom is 0.246 e. The molecule has 0 saturated heterocycles. The largest absolute Gasteiger partial charge is 0.494 e. The van der Waals surface area contributed by atoms with Gasteiger partial charge in [0.2, 0.25) is 21.9 Å². The summed E-state index contributed by atoms with van der Waals surface area (Å²) in [7, 11) is 0.198. The normalized spacial score (nSPS) is 12.7. The molecule has 0 aliphatic heterocycles. The van der Waals surface area contributed by atoms with E-state index >= 15 is 0 Å². The number of hydrogen-bond donors (Lipinski definition) is 1. The minimum Gasteiger partial charge on any atom is -0.494 e. The van der Waals surface area contributed by atoms with Crippen molar-refractivity contribution in [3.63, 3.8) is 0 Å². The van der Waals surface area contributed by atoms with Crippen LogP contribution in [-0.4, -0.2) is 66.4 Å². The van der Waals surface area contributed by atoms with Gasteiger partial charge in [-0.05, 0) is 49.7 Å². The molecular weight excluding hydrogens is 548 g/mol. The fourth-order valence-electron chi connectivity index (χ4n) is 4.34. The van der Waals surface area contributed by atoms with Crippen molar-refractivity contribution < 1.29 is 27.7 Å². The SMILES string of the molecule is CCN(c1nnc(-c2cccc(OC)n2)n1-c1c(OC)cccc1OC)S(=O)(=O)[C@H](C)[C@H](O)c1ccc(C#N)cc1. The Morgan fingerprint density at radius 1 is 0.976 bits per heavy atom. The van der Waals surface area contributed by atoms with Gasteiger partial charge in [-0.3, -0.25) is 4.57 Å². The Kier molecular flexibility index (Phi) is 8.75. The highest BCUT2D eigenvalue weighted by Gasteiger charge is 2.38. The van der Waals surface area contributed by atoms with Crippen LogP contribution in [0.1, 0.15) is 31.1 Å². The van der Waals surface area contributed by atoms with E-state index in [0.717, 1.165) is 4.31 Å². The van der Waals surface area contributed by atoms with Crippen LogP contribution in [0.3, 0.4) is 0 Å². The Balaban J connectivity index is 1.92. The van der Waals surface area contributed by atoms with Gasteiger partial charge < -0.3 is 19.3 Å². The van der Waals surface area contributed by atoms with Crippen molar-refractivity contribution in [2.75, 3.05) is 32.2 Å². The number of methoxy groups -OCH3 is 3. The molecule has 214 valence electrons. The van der Waals surface area contributed by atoms with Crippen LogP contribution in [0, 0.1) is 11.3 Å². The zero-order chi connectivity index (χ0) is 29.7. The summed E-state index contributed by atoms with van der Waals surface area (Å²) >= 11 is 0. The first-order valence-corrected chi connectivity index (χ1v) is 14.1. The summed E-state index contributed by atoms with van der Waals surface area (Å²) in [5.74, 6) is 1.21. The summed E-state index contributed by atoms with van der Waals surface area (Å²) in [6.45, 7) is 3.03. The second kappa shape index (κ2) is 12.2. The summed E-state index contributed by atoms with van der Waals surface area (Å²) in [6, 6.07) is 18.3. The van der Waals surface area contributed by atoms with Crippen molar-refractivity contribution in [2.45, 2.75) is 25.2 Å². The lowest BCUT2D eigenvalue weighted by atomic mass is 10.1. The Hall–Kier alpha value is -4.67. The van der Waals surface area contributed by atoms with E-state index in [2.05, 4.69) is 15.2 Å². The van der Waals surface area contributed by atoms with Gasteiger partial charge in [0.15, 0.2) is 5.82 Å². The van der Waals surface area contributed by atoms with E-state index in [0.29, 0.717) is 39.9 Å². The molecule has 12 nitrogen and oxygen atoms in total. The Labute approximate surface area is 238 Å². The number of sulfonamides is 1. The predicted octanol–water partition coefficient (Wildman–Crippen LogP) is 3.50. The van der Waals surface area contributed by atoms with Gasteiger partial charge >= 0.3 is 0 Å². The second-order valence-corrected chi connectivity index (χ2v) is 11.0. The molecule has 0 amide bonds. The van der Waals surface area contributed by atoms with Gasteiger partial charge in [-0.15, -0.1) is 10.2 Å². The molecule has 0 bridgehead atoms. The standard InChI is InChI=1S/C28H30N6O6S/c1-6-33(41(36,37)18(2)26(35)20-15-13-19(17-29)14-16-20)28-32-31-27(21-9-7-12-24(30-21)40-5)34(28)25-22(38-3)10-8-11-23(25)39-4/h7-16,18,26,35H,6H2,1-5H3/t18-,26+/m1/s1. The maximum absolute atomic E-state index is 14.1. The fraction of sp³-hybridized carbons (Fsp3) is 0.286. The summed E-state index contributed by atoms with van der Waals surface area (Å²) < 4.78 is 47.3. The zero-order valence-corrected chi connectivity index (χ0v) is 24.0. The number of rotatable bonds is 11. The Bertz CT molecular complexity index is 1640. The molecule has 4 rings (SSSR count). The maximum atomic E-state index is 14.1. The van der Waals surface area contributed by atoms with Crippen LogP contribution in [0.4, 0.5) is 5.95 Å². The average Bonchev–Trinajstić information content (AvgIpc) is 3.43. The van der Waals surface area contributed by atoms with E-state index in [1.54, 1.807) is 43.3 Å². The first-order chi connectivity index (χ1) is 19.7. The van der Waals surface area contributed by atoms with E-state index in [1.165, 1.54) is 57.1 Å². The number of anilines is 1. The number of hydrogen-bond acceptors (Lipinski definition) is 10. The molecule has 2 aromatic heterocycles. The summed E-state index contributed by atoms with van der Waals surface area (Å²) in [5, 5.41) is 27.5. The Morgan fingerprint density at radius 3 is 2.17 bits per heavy atom. The molecule has 0 unspecified atom stereocenters. The number of aliphatic hydroxyl groups excluding tert-OH is 1. The van der Waals surface area contributed by atoms with Crippen LogP contribution in [0.5, 0.6) is 17.4 Å². The van der Waals surface area contributed by atoms with Crippen LogP contribution in [0.2, 0.25) is 0 Å². The number of pyridine rings is 1. The van der Waals surface area contributed by atoms with E-state index in [1.807, 2.05) is 6.07 Å². The number of ether oxygens (including phenoxy) is 3. The van der Waals surface area contributed by atoms with Gasteiger partial charge in [-0.2, -0.15) is 5.26 Å². The van der Waals surface area contributed by atoms with Crippen molar-refractivity contribution in [3.05, 3.63) is 71.8 Å². The van der Waals surface area contributed by atoms with Gasteiger partial charge in [0.05, 0.1) is 39.1 Å². The molecule has 2 atom stereocenters. The number of nitrogens with zero attached hydrogens (tertiary/aromatic N) is 6. The summed E-state index contributed by atoms with van der Waals surface area (Å²) in [4.78, 5) is 4.48. The van der Waals surface area contributed by atoms with Crippen LogP contribution >= 0.6 is 0 Å². The van der Waals surface area contributed by atoms with Crippen molar-refractivity contribution in [1.82, 2.24) is 19.7 Å². The van der Waals surface area contributed by atoms with Crippen molar-refractivity contribution >= 4 is 16.0 Å². The number of aliphatic hydroxyl groups is 1. The fourth-order valence-corrected chi connectivity index (χ4v) is 5.93. The van der Waals surface area contributed by atoms with Crippen LogP contribution in [0.15, 0.2) is 60.7 Å². The zero-order valence-electron chi connectivity index (χ0n) is 23.2. The molecule has 1 N–H and O–H groups in total. The third-order valence-corrected chi connectivity index (χ3v) is 8.78. The highest BCUT2D eigenvalue weighted by molar-refractivity contribution is 7.93. The topological polar surface area (TPSA) is 153 Å². The van der Waals surface area contributed by atoms with E-state index in [-0.39, 0.29) is 18.3 Å². The van der Waals surface area contributed by atoms with Crippen LogP contribution < -0.4 is 18.5 Å². The van der Waals surface area contributed by atoms with Crippen molar-refractivity contribution in [1.29, 1.82) is 5.26 Å². The van der Waals surface area contributed by atoms with Crippen molar-refractivity contribution in [2.24, 2.45) is 0 Å². The predicted molar refractivity (Wildman–Crippen MR) is 152 cm³/mol. The number of aromatic nitrogens is 4. The highest BCUT2D eigenvalue weighted by atomic mass is 32.2.